The number of rotatable bonds is 9. The summed E-state index contributed by atoms with van der Waals surface area (Å²) in [6, 6.07) is 0. The topological polar surface area (TPSA) is 64.3 Å². The van der Waals surface area contributed by atoms with Crippen molar-refractivity contribution in [2.45, 2.75) is 65.5 Å². The van der Waals surface area contributed by atoms with E-state index < -0.39 is 6.10 Å². The van der Waals surface area contributed by atoms with Crippen molar-refractivity contribution in [2.24, 2.45) is 11.7 Å². The van der Waals surface area contributed by atoms with E-state index in [0.717, 1.165) is 19.3 Å². The van der Waals surface area contributed by atoms with Crippen molar-refractivity contribution >= 4 is 18.3 Å². The van der Waals surface area contributed by atoms with Crippen LogP contribution in [0.15, 0.2) is 0 Å². The molecule has 1 atom stereocenters. The van der Waals surface area contributed by atoms with E-state index in [0.29, 0.717) is 19.1 Å². The summed E-state index contributed by atoms with van der Waals surface area (Å²) < 4.78 is 5.54. The molecule has 0 aliphatic carbocycles. The lowest BCUT2D eigenvalue weighted by molar-refractivity contribution is -0.134. The molecule has 0 aromatic rings. The van der Waals surface area contributed by atoms with Crippen LogP contribution in [0.1, 0.15) is 53.9 Å². The molecule has 1 amide bonds. The first-order chi connectivity index (χ1) is 8.40. The maximum Gasteiger partial charge on any atom is 0.249 e. The molecular formula is C14H31ClN2O2. The summed E-state index contributed by atoms with van der Waals surface area (Å²) in [6.07, 6.45) is 2.24. The van der Waals surface area contributed by atoms with Gasteiger partial charge >= 0.3 is 0 Å². The van der Waals surface area contributed by atoms with Gasteiger partial charge in [0.2, 0.25) is 5.91 Å². The van der Waals surface area contributed by atoms with E-state index in [2.05, 4.69) is 19.2 Å². The molecule has 1 unspecified atom stereocenters. The summed E-state index contributed by atoms with van der Waals surface area (Å²) in [5.41, 5.74) is 5.48. The average molecular weight is 295 g/mol. The minimum absolute atomic E-state index is 0. The number of ether oxygens (including phenoxy) is 1. The van der Waals surface area contributed by atoms with Crippen molar-refractivity contribution in [1.82, 2.24) is 5.32 Å². The van der Waals surface area contributed by atoms with Crippen molar-refractivity contribution in [1.29, 1.82) is 0 Å². The van der Waals surface area contributed by atoms with E-state index in [1.807, 2.05) is 13.8 Å². The maximum atomic E-state index is 12.0. The van der Waals surface area contributed by atoms with Gasteiger partial charge in [-0.15, -0.1) is 12.4 Å². The van der Waals surface area contributed by atoms with Crippen molar-refractivity contribution < 1.29 is 9.53 Å². The Hall–Kier alpha value is -0.320. The molecule has 0 radical (unpaired) electrons. The largest absolute Gasteiger partial charge is 0.369 e. The summed E-state index contributed by atoms with van der Waals surface area (Å²) in [5, 5.41) is 3.03. The fourth-order valence-corrected chi connectivity index (χ4v) is 1.69. The predicted molar refractivity (Wildman–Crippen MR) is 82.6 cm³/mol. The Bertz CT molecular complexity index is 235. The maximum absolute atomic E-state index is 12.0. The second-order valence-electron chi connectivity index (χ2n) is 5.38. The molecule has 0 rings (SSSR count). The molecule has 0 aliphatic heterocycles. The fraction of sp³-hybridized carbons (Fsp3) is 0.929. The number of carbonyl (C=O) groups excluding carboxylic acids is 1. The van der Waals surface area contributed by atoms with E-state index in [-0.39, 0.29) is 23.9 Å². The third-order valence-corrected chi connectivity index (χ3v) is 3.56. The van der Waals surface area contributed by atoms with Gasteiger partial charge in [0.25, 0.3) is 0 Å². The van der Waals surface area contributed by atoms with E-state index in [1.165, 1.54) is 0 Å². The second-order valence-corrected chi connectivity index (χ2v) is 5.38. The monoisotopic (exact) mass is 294 g/mol. The van der Waals surface area contributed by atoms with Crippen LogP contribution < -0.4 is 11.1 Å². The molecule has 116 valence electrons. The van der Waals surface area contributed by atoms with Crippen LogP contribution in [0, 0.1) is 5.92 Å². The zero-order valence-corrected chi connectivity index (χ0v) is 13.8. The molecule has 0 aromatic carbocycles. The molecule has 5 heteroatoms. The summed E-state index contributed by atoms with van der Waals surface area (Å²) in [6.45, 7) is 11.2. The highest BCUT2D eigenvalue weighted by atomic mass is 35.5. The Labute approximate surface area is 124 Å². The van der Waals surface area contributed by atoms with Crippen LogP contribution in [-0.4, -0.2) is 30.7 Å². The summed E-state index contributed by atoms with van der Waals surface area (Å²) in [7, 11) is 0. The Morgan fingerprint density at radius 2 is 1.79 bits per heavy atom. The molecule has 3 N–H and O–H groups in total. The van der Waals surface area contributed by atoms with Gasteiger partial charge in [0, 0.05) is 13.2 Å². The average Bonchev–Trinajstić information content (AvgIpc) is 2.35. The smallest absolute Gasteiger partial charge is 0.249 e. The number of nitrogens with two attached hydrogens (primary N) is 1. The molecule has 19 heavy (non-hydrogen) atoms. The Kier molecular flexibility index (Phi) is 11.6. The van der Waals surface area contributed by atoms with Crippen LogP contribution in [0.25, 0.3) is 0 Å². The second kappa shape index (κ2) is 10.5. The number of halogens is 1. The zero-order valence-electron chi connectivity index (χ0n) is 13.0. The Balaban J connectivity index is 0. The van der Waals surface area contributed by atoms with Crippen molar-refractivity contribution in [3.63, 3.8) is 0 Å². The Morgan fingerprint density at radius 1 is 1.26 bits per heavy atom. The number of hydrogen-bond acceptors (Lipinski definition) is 3. The van der Waals surface area contributed by atoms with Crippen LogP contribution in [-0.2, 0) is 9.53 Å². The van der Waals surface area contributed by atoms with Crippen molar-refractivity contribution in [3.8, 4) is 0 Å². The highest BCUT2D eigenvalue weighted by Crippen LogP contribution is 2.13. The molecule has 0 saturated heterocycles. The highest BCUT2D eigenvalue weighted by molar-refractivity contribution is 5.85. The van der Waals surface area contributed by atoms with Gasteiger partial charge in [0.05, 0.1) is 5.54 Å². The van der Waals surface area contributed by atoms with Gasteiger partial charge in [-0.3, -0.25) is 4.79 Å². The molecule has 0 aliphatic rings. The van der Waals surface area contributed by atoms with Crippen molar-refractivity contribution in [3.05, 3.63) is 0 Å². The van der Waals surface area contributed by atoms with Crippen LogP contribution in [0.5, 0.6) is 0 Å². The Morgan fingerprint density at radius 3 is 2.16 bits per heavy atom. The molecule has 0 heterocycles. The number of amides is 1. The minimum atomic E-state index is -0.409. The van der Waals surface area contributed by atoms with Crippen LogP contribution in [0.4, 0.5) is 0 Å². The first-order valence-electron chi connectivity index (χ1n) is 7.04. The number of nitrogens with one attached hydrogen (secondary N) is 1. The first-order valence-corrected chi connectivity index (χ1v) is 7.04. The lowest BCUT2D eigenvalue weighted by Crippen LogP contribution is -2.55. The molecular weight excluding hydrogens is 264 g/mol. The highest BCUT2D eigenvalue weighted by Gasteiger charge is 2.28. The normalized spacial score (nSPS) is 13.0. The summed E-state index contributed by atoms with van der Waals surface area (Å²) >= 11 is 0. The van der Waals surface area contributed by atoms with Gasteiger partial charge in [-0.25, -0.2) is 0 Å². The summed E-state index contributed by atoms with van der Waals surface area (Å²) in [4.78, 5) is 12.0. The van der Waals surface area contributed by atoms with E-state index in [9.17, 15) is 4.79 Å². The molecule has 4 nitrogen and oxygen atoms in total. The van der Waals surface area contributed by atoms with Gasteiger partial charge in [-0.2, -0.15) is 0 Å². The van der Waals surface area contributed by atoms with Crippen LogP contribution in [0.2, 0.25) is 0 Å². The van der Waals surface area contributed by atoms with Gasteiger partial charge in [0.1, 0.15) is 6.10 Å². The van der Waals surface area contributed by atoms with Gasteiger partial charge in [0.15, 0.2) is 0 Å². The first kappa shape index (κ1) is 21.0. The van der Waals surface area contributed by atoms with E-state index in [4.69, 9.17) is 10.5 Å². The van der Waals surface area contributed by atoms with Crippen LogP contribution in [0.3, 0.4) is 0 Å². The standard InChI is InChI=1S/C14H30N2O2.ClH/c1-6-14(7-2,10-15)16-13(17)12(5)18-9-8-11(3)4;/h11-12H,6-10,15H2,1-5H3,(H,16,17);1H. The quantitative estimate of drug-likeness (QED) is 0.687. The lowest BCUT2D eigenvalue weighted by atomic mass is 9.92. The van der Waals surface area contributed by atoms with E-state index in [1.54, 1.807) is 6.92 Å². The van der Waals surface area contributed by atoms with Gasteiger partial charge < -0.3 is 15.8 Å². The number of hydrogen-bond donors (Lipinski definition) is 2. The molecule has 0 saturated carbocycles. The van der Waals surface area contributed by atoms with Gasteiger partial charge in [-0.1, -0.05) is 27.7 Å². The van der Waals surface area contributed by atoms with E-state index >= 15 is 0 Å². The minimum Gasteiger partial charge on any atom is -0.369 e. The third kappa shape index (κ3) is 7.75. The summed E-state index contributed by atoms with van der Waals surface area (Å²) in [5.74, 6) is 0.530. The molecule has 0 spiro atoms. The van der Waals surface area contributed by atoms with Crippen molar-refractivity contribution in [2.75, 3.05) is 13.2 Å². The molecule has 0 bridgehead atoms. The SMILES string of the molecule is CCC(CC)(CN)NC(=O)C(C)OCCC(C)C.Cl. The molecule has 0 aromatic heterocycles. The third-order valence-electron chi connectivity index (χ3n) is 3.56. The number of carbonyl (C=O) groups is 1. The van der Waals surface area contributed by atoms with Crippen LogP contribution >= 0.6 is 12.4 Å². The fourth-order valence-electron chi connectivity index (χ4n) is 1.69. The van der Waals surface area contributed by atoms with Gasteiger partial charge in [-0.05, 0) is 32.1 Å². The lowest BCUT2D eigenvalue weighted by Gasteiger charge is -2.32. The zero-order chi connectivity index (χ0) is 14.2. The molecule has 0 fully saturated rings. The predicted octanol–water partition coefficient (Wildman–Crippen LogP) is 2.49.